The average molecular weight is 767 g/mol. The number of benzene rings is 2. The van der Waals surface area contributed by atoms with Crippen LogP contribution in [0.2, 0.25) is 0 Å². The van der Waals surface area contributed by atoms with E-state index in [1.165, 1.54) is 11.1 Å². The van der Waals surface area contributed by atoms with Crippen molar-refractivity contribution in [1.82, 2.24) is 34.2 Å². The van der Waals surface area contributed by atoms with Crippen molar-refractivity contribution in [2.24, 2.45) is 14.1 Å². The largest absolute Gasteiger partial charge is 0.350 e. The number of anilines is 2. The summed E-state index contributed by atoms with van der Waals surface area (Å²) in [6, 6.07) is 13.7. The maximum absolute atomic E-state index is 13.6. The van der Waals surface area contributed by atoms with Crippen LogP contribution in [-0.4, -0.2) is 66.3 Å². The molecular formula is C43H42N8O6. The van der Waals surface area contributed by atoms with Crippen LogP contribution in [0.3, 0.4) is 0 Å². The fourth-order valence-corrected chi connectivity index (χ4v) is 8.15. The Bertz CT molecular complexity index is 2690. The number of imidazole rings is 1. The van der Waals surface area contributed by atoms with E-state index in [1.807, 2.05) is 18.3 Å². The van der Waals surface area contributed by atoms with Gasteiger partial charge in [-0.1, -0.05) is 31.8 Å². The normalized spacial score (nSPS) is 16.4. The van der Waals surface area contributed by atoms with Gasteiger partial charge in [0.05, 0.1) is 28.6 Å². The highest BCUT2D eigenvalue weighted by Crippen LogP contribution is 2.37. The lowest BCUT2D eigenvalue weighted by Crippen LogP contribution is -2.52. The van der Waals surface area contributed by atoms with E-state index in [4.69, 9.17) is 0 Å². The zero-order valence-electron chi connectivity index (χ0n) is 32.2. The Labute approximate surface area is 328 Å². The third-order valence-corrected chi connectivity index (χ3v) is 11.1. The molecule has 57 heavy (non-hydrogen) atoms. The van der Waals surface area contributed by atoms with E-state index in [1.54, 1.807) is 58.1 Å². The van der Waals surface area contributed by atoms with Crippen LogP contribution in [0.5, 0.6) is 0 Å². The maximum atomic E-state index is 13.6. The lowest BCUT2D eigenvalue weighted by molar-refractivity contribution is -0.136. The maximum Gasteiger partial charge on any atom is 0.328 e. The van der Waals surface area contributed by atoms with Crippen molar-refractivity contribution < 1.29 is 19.2 Å². The van der Waals surface area contributed by atoms with Crippen LogP contribution in [-0.2, 0) is 36.6 Å². The first-order chi connectivity index (χ1) is 27.4. The standard InChI is InChI=1S/C43H42N8O6/c1-25(2)31-19-29(20-36-39(31)48(4)43(57)47(36)3)49-18-8-11-27-23-50(38(53)21-35(27)49)28-13-14-33(45-22-28)40(54)44-17-6-5-9-26-10-7-12-30-32(26)24-51(42(30)56)34-15-16-37(52)46-41(34)55/h7,10,12-14,19-23,25,34H,6,8,11,15-18,24H2,1-4H3,(H,44,54)(H,46,52,55). The summed E-state index contributed by atoms with van der Waals surface area (Å²) >= 11 is 0. The molecule has 1 unspecified atom stereocenters. The molecule has 0 aliphatic carbocycles. The molecule has 0 radical (unpaired) electrons. The molecule has 2 N–H and O–H groups in total. The second-order valence-electron chi connectivity index (χ2n) is 15.0. The van der Waals surface area contributed by atoms with Gasteiger partial charge in [-0.2, -0.15) is 0 Å². The van der Waals surface area contributed by atoms with Gasteiger partial charge < -0.3 is 15.1 Å². The second-order valence-corrected chi connectivity index (χ2v) is 15.0. The number of piperidine rings is 1. The van der Waals surface area contributed by atoms with Gasteiger partial charge in [0.2, 0.25) is 11.8 Å². The van der Waals surface area contributed by atoms with Crippen LogP contribution >= 0.6 is 0 Å². The van der Waals surface area contributed by atoms with Crippen molar-refractivity contribution in [3.8, 4) is 17.5 Å². The SMILES string of the molecule is CC(C)c1cc(N2CCCc3cn(-c4ccc(C(=O)NCCC#Cc5cccc6c5CN(C5CCC(=O)NC5=O)C6=O)nc4)c(=O)cc32)cc2c1n(C)c(=O)n2C. The van der Waals surface area contributed by atoms with Gasteiger partial charge in [-0.15, -0.1) is 0 Å². The molecule has 14 heteroatoms. The van der Waals surface area contributed by atoms with Crippen molar-refractivity contribution in [2.45, 2.75) is 64.5 Å². The van der Waals surface area contributed by atoms with Crippen LogP contribution < -0.4 is 26.8 Å². The summed E-state index contributed by atoms with van der Waals surface area (Å²) in [6.07, 6.45) is 5.84. The number of imide groups is 1. The molecule has 0 saturated carbocycles. The number of hydrogen-bond acceptors (Lipinski definition) is 8. The molecule has 3 aliphatic heterocycles. The van der Waals surface area contributed by atoms with Crippen LogP contribution in [0.4, 0.5) is 11.4 Å². The summed E-state index contributed by atoms with van der Waals surface area (Å²) in [6.45, 7) is 5.45. The fraction of sp³-hybridized carbons (Fsp3) is 0.326. The molecule has 3 aliphatic rings. The molecule has 5 aromatic rings. The Kier molecular flexibility index (Phi) is 9.60. The van der Waals surface area contributed by atoms with Crippen LogP contribution in [0.25, 0.3) is 16.7 Å². The van der Waals surface area contributed by atoms with Gasteiger partial charge in [0.25, 0.3) is 17.4 Å². The zero-order valence-corrected chi connectivity index (χ0v) is 32.2. The minimum absolute atomic E-state index is 0.0803. The van der Waals surface area contributed by atoms with Gasteiger partial charge in [-0.25, -0.2) is 9.78 Å². The van der Waals surface area contributed by atoms with E-state index in [9.17, 15) is 28.8 Å². The lowest BCUT2D eigenvalue weighted by Gasteiger charge is -2.32. The van der Waals surface area contributed by atoms with Gasteiger partial charge in [-0.3, -0.25) is 43.0 Å². The number of amides is 4. The van der Waals surface area contributed by atoms with E-state index in [-0.39, 0.29) is 66.5 Å². The highest BCUT2D eigenvalue weighted by atomic mass is 16.2. The van der Waals surface area contributed by atoms with Gasteiger partial charge >= 0.3 is 5.69 Å². The average Bonchev–Trinajstić information content (AvgIpc) is 3.65. The van der Waals surface area contributed by atoms with Gasteiger partial charge in [-0.05, 0) is 78.3 Å². The van der Waals surface area contributed by atoms with E-state index in [0.717, 1.165) is 58.5 Å². The van der Waals surface area contributed by atoms with Crippen molar-refractivity contribution in [3.63, 3.8) is 0 Å². The zero-order chi connectivity index (χ0) is 40.1. The highest BCUT2D eigenvalue weighted by Gasteiger charge is 2.39. The predicted octanol–water partition coefficient (Wildman–Crippen LogP) is 3.56. The molecule has 3 aromatic heterocycles. The summed E-state index contributed by atoms with van der Waals surface area (Å²) in [7, 11) is 3.58. The van der Waals surface area contributed by atoms with Gasteiger partial charge in [0.15, 0.2) is 0 Å². The smallest absolute Gasteiger partial charge is 0.328 e. The molecule has 1 atom stereocenters. The minimum atomic E-state index is -0.702. The second kappa shape index (κ2) is 14.7. The van der Waals surface area contributed by atoms with E-state index in [0.29, 0.717) is 23.2 Å². The first-order valence-corrected chi connectivity index (χ1v) is 19.1. The van der Waals surface area contributed by atoms with Crippen LogP contribution in [0, 0.1) is 11.8 Å². The molecule has 4 amide bonds. The monoisotopic (exact) mass is 766 g/mol. The lowest BCUT2D eigenvalue weighted by atomic mass is 9.98. The van der Waals surface area contributed by atoms with Crippen LogP contribution in [0.1, 0.15) is 88.5 Å². The number of aromatic nitrogens is 4. The summed E-state index contributed by atoms with van der Waals surface area (Å²) < 4.78 is 4.91. The van der Waals surface area contributed by atoms with Crippen molar-refractivity contribution in [2.75, 3.05) is 18.0 Å². The molecule has 290 valence electrons. The number of carbonyl (C=O) groups is 4. The molecule has 8 rings (SSSR count). The summed E-state index contributed by atoms with van der Waals surface area (Å²) in [5.74, 6) is 4.91. The molecule has 14 nitrogen and oxygen atoms in total. The van der Waals surface area contributed by atoms with E-state index < -0.39 is 11.9 Å². The topological polar surface area (TPSA) is 161 Å². The van der Waals surface area contributed by atoms with Gasteiger partial charge in [0, 0.05) is 75.6 Å². The summed E-state index contributed by atoms with van der Waals surface area (Å²) in [5, 5.41) is 5.15. The molecule has 6 heterocycles. The summed E-state index contributed by atoms with van der Waals surface area (Å²) in [5.41, 5.74) is 7.95. The van der Waals surface area contributed by atoms with E-state index in [2.05, 4.69) is 52.3 Å². The number of fused-ring (bicyclic) bond motifs is 3. The highest BCUT2D eigenvalue weighted by molar-refractivity contribution is 6.05. The number of nitrogens with zero attached hydrogens (tertiary/aromatic N) is 6. The summed E-state index contributed by atoms with van der Waals surface area (Å²) in [4.78, 5) is 84.5. The number of carbonyl (C=O) groups excluding carboxylic acids is 4. The molecule has 0 spiro atoms. The number of hydrogen-bond donors (Lipinski definition) is 2. The minimum Gasteiger partial charge on any atom is -0.350 e. The molecule has 0 bridgehead atoms. The Morgan fingerprint density at radius 2 is 1.82 bits per heavy atom. The molecule has 1 saturated heterocycles. The first-order valence-electron chi connectivity index (χ1n) is 19.1. The predicted molar refractivity (Wildman–Crippen MR) is 214 cm³/mol. The Hall–Kier alpha value is -6.75. The first kappa shape index (κ1) is 37.2. The number of rotatable bonds is 7. The van der Waals surface area contributed by atoms with Gasteiger partial charge in [0.1, 0.15) is 11.7 Å². The van der Waals surface area contributed by atoms with Crippen molar-refractivity contribution in [3.05, 3.63) is 115 Å². The quantitative estimate of drug-likeness (QED) is 0.145. The fourth-order valence-electron chi connectivity index (χ4n) is 8.15. The molecular weight excluding hydrogens is 725 g/mol. The molecule has 2 aromatic carbocycles. The third-order valence-electron chi connectivity index (χ3n) is 11.1. The van der Waals surface area contributed by atoms with E-state index >= 15 is 0 Å². The Morgan fingerprint density at radius 1 is 1.00 bits per heavy atom. The number of aryl methyl sites for hydroxylation is 3. The third kappa shape index (κ3) is 6.68. The van der Waals surface area contributed by atoms with Crippen LogP contribution in [0.15, 0.2) is 70.5 Å². The molecule has 1 fully saturated rings. The van der Waals surface area contributed by atoms with Crippen molar-refractivity contribution in [1.29, 1.82) is 0 Å². The Morgan fingerprint density at radius 3 is 2.58 bits per heavy atom. The number of pyridine rings is 2. The Balaban J connectivity index is 0.927. The number of nitrogens with one attached hydrogen (secondary N) is 2. The van der Waals surface area contributed by atoms with Crippen molar-refractivity contribution >= 4 is 46.0 Å².